The highest BCUT2D eigenvalue weighted by Crippen LogP contribution is 2.33. The van der Waals surface area contributed by atoms with Crippen molar-refractivity contribution in [3.8, 4) is 5.75 Å². The van der Waals surface area contributed by atoms with Gasteiger partial charge in [-0.05, 0) is 70.9 Å². The second kappa shape index (κ2) is 11.1. The van der Waals surface area contributed by atoms with Gasteiger partial charge in [0.15, 0.2) is 6.61 Å². The molecule has 0 radical (unpaired) electrons. The normalized spacial score (nSPS) is 16.5. The summed E-state index contributed by atoms with van der Waals surface area (Å²) in [5.41, 5.74) is 0.949. The molecule has 2 aliphatic heterocycles. The van der Waals surface area contributed by atoms with Crippen molar-refractivity contribution in [1.82, 2.24) is 15.1 Å². The van der Waals surface area contributed by atoms with Gasteiger partial charge in [0.25, 0.3) is 11.8 Å². The second-order valence-electron chi connectivity index (χ2n) is 8.03. The van der Waals surface area contributed by atoms with Crippen LogP contribution in [-0.4, -0.2) is 79.9 Å². The van der Waals surface area contributed by atoms with Crippen LogP contribution in [0.25, 0.3) is 0 Å². The van der Waals surface area contributed by atoms with Crippen LogP contribution in [0.3, 0.4) is 0 Å². The van der Waals surface area contributed by atoms with Crippen molar-refractivity contribution in [1.29, 1.82) is 0 Å². The Morgan fingerprint density at radius 3 is 2.58 bits per heavy atom. The van der Waals surface area contributed by atoms with Gasteiger partial charge in [0.05, 0.1) is 5.69 Å². The molecule has 0 saturated carbocycles. The van der Waals surface area contributed by atoms with Crippen molar-refractivity contribution >= 4 is 23.4 Å². The molecule has 1 aromatic carbocycles. The molecular formula is C23H34N4O4. The van der Waals surface area contributed by atoms with E-state index in [9.17, 15) is 14.4 Å². The SMILES string of the molecule is CCN(CC)C(=O)c1ccc2c(c1)N(CC(=O)NCCCN1CCCCC1)C(=O)CO2. The minimum Gasteiger partial charge on any atom is -0.482 e. The van der Waals surface area contributed by atoms with E-state index in [-0.39, 0.29) is 30.9 Å². The van der Waals surface area contributed by atoms with E-state index in [4.69, 9.17) is 4.74 Å². The van der Waals surface area contributed by atoms with Crippen LogP contribution in [0.4, 0.5) is 5.69 Å². The predicted octanol–water partition coefficient (Wildman–Crippen LogP) is 1.89. The predicted molar refractivity (Wildman–Crippen MR) is 119 cm³/mol. The smallest absolute Gasteiger partial charge is 0.265 e. The van der Waals surface area contributed by atoms with Crippen LogP contribution in [0.15, 0.2) is 18.2 Å². The quantitative estimate of drug-likeness (QED) is 0.605. The number of piperidine rings is 1. The average Bonchev–Trinajstić information content (AvgIpc) is 2.79. The largest absolute Gasteiger partial charge is 0.482 e. The Morgan fingerprint density at radius 2 is 1.87 bits per heavy atom. The first-order chi connectivity index (χ1) is 15.0. The number of carbonyl (C=O) groups excluding carboxylic acids is 3. The molecule has 170 valence electrons. The van der Waals surface area contributed by atoms with E-state index in [1.807, 2.05) is 13.8 Å². The molecule has 1 N–H and O–H groups in total. The Morgan fingerprint density at radius 1 is 1.13 bits per heavy atom. The highest BCUT2D eigenvalue weighted by Gasteiger charge is 2.28. The number of amides is 3. The molecule has 2 heterocycles. The highest BCUT2D eigenvalue weighted by molar-refractivity contribution is 6.04. The molecule has 3 rings (SSSR count). The molecule has 0 bridgehead atoms. The van der Waals surface area contributed by atoms with Crippen molar-refractivity contribution in [2.75, 3.05) is 57.3 Å². The summed E-state index contributed by atoms with van der Waals surface area (Å²) in [6, 6.07) is 5.05. The zero-order valence-corrected chi connectivity index (χ0v) is 18.7. The third kappa shape index (κ3) is 5.97. The molecule has 2 aliphatic rings. The maximum absolute atomic E-state index is 12.7. The van der Waals surface area contributed by atoms with Gasteiger partial charge < -0.3 is 19.9 Å². The molecule has 1 aromatic rings. The van der Waals surface area contributed by atoms with Crippen molar-refractivity contribution < 1.29 is 19.1 Å². The lowest BCUT2D eigenvalue weighted by molar-refractivity contribution is -0.125. The lowest BCUT2D eigenvalue weighted by Gasteiger charge is -2.30. The first-order valence-electron chi connectivity index (χ1n) is 11.4. The van der Waals surface area contributed by atoms with Gasteiger partial charge in [-0.3, -0.25) is 19.3 Å². The fourth-order valence-electron chi connectivity index (χ4n) is 4.11. The van der Waals surface area contributed by atoms with Gasteiger partial charge in [-0.2, -0.15) is 0 Å². The molecule has 1 saturated heterocycles. The zero-order valence-electron chi connectivity index (χ0n) is 18.7. The average molecular weight is 431 g/mol. The van der Waals surface area contributed by atoms with Gasteiger partial charge in [-0.25, -0.2) is 0 Å². The van der Waals surface area contributed by atoms with E-state index < -0.39 is 0 Å². The van der Waals surface area contributed by atoms with Crippen LogP contribution >= 0.6 is 0 Å². The molecule has 0 unspecified atom stereocenters. The monoisotopic (exact) mass is 430 g/mol. The molecule has 0 aromatic heterocycles. The number of rotatable bonds is 9. The number of hydrogen-bond acceptors (Lipinski definition) is 5. The Hall–Kier alpha value is -2.61. The van der Waals surface area contributed by atoms with Gasteiger partial charge in [0, 0.05) is 25.2 Å². The van der Waals surface area contributed by atoms with Crippen LogP contribution in [0, 0.1) is 0 Å². The number of anilines is 1. The minimum absolute atomic E-state index is 0.0815. The maximum atomic E-state index is 12.7. The number of nitrogens with one attached hydrogen (secondary N) is 1. The number of hydrogen-bond donors (Lipinski definition) is 1. The van der Waals surface area contributed by atoms with E-state index in [0.29, 0.717) is 36.6 Å². The summed E-state index contributed by atoms with van der Waals surface area (Å²) in [6.45, 7) is 8.71. The van der Waals surface area contributed by atoms with Crippen molar-refractivity contribution in [3.05, 3.63) is 23.8 Å². The van der Waals surface area contributed by atoms with E-state index >= 15 is 0 Å². The first-order valence-corrected chi connectivity index (χ1v) is 11.4. The molecule has 0 spiro atoms. The Labute approximate surface area is 184 Å². The number of fused-ring (bicyclic) bond motifs is 1. The summed E-state index contributed by atoms with van der Waals surface area (Å²) >= 11 is 0. The number of likely N-dealkylation sites (tertiary alicyclic amines) is 1. The number of carbonyl (C=O) groups is 3. The van der Waals surface area contributed by atoms with Crippen LogP contribution in [0.2, 0.25) is 0 Å². The maximum Gasteiger partial charge on any atom is 0.265 e. The van der Waals surface area contributed by atoms with Crippen molar-refractivity contribution in [2.45, 2.75) is 39.5 Å². The Balaban J connectivity index is 1.59. The Bertz CT molecular complexity index is 788. The van der Waals surface area contributed by atoms with Crippen LogP contribution in [0.5, 0.6) is 5.75 Å². The molecule has 1 fully saturated rings. The standard InChI is InChI=1S/C23H34N4O4/c1-3-26(4-2)23(30)18-9-10-20-19(15-18)27(22(29)17-31-20)16-21(28)24-11-8-14-25-12-6-5-7-13-25/h9-10,15H,3-8,11-14,16-17H2,1-2H3,(H,24,28). The van der Waals surface area contributed by atoms with Gasteiger partial charge in [-0.1, -0.05) is 6.42 Å². The highest BCUT2D eigenvalue weighted by atomic mass is 16.5. The van der Waals surface area contributed by atoms with E-state index in [0.717, 1.165) is 26.1 Å². The van der Waals surface area contributed by atoms with E-state index in [1.165, 1.54) is 24.2 Å². The van der Waals surface area contributed by atoms with Crippen molar-refractivity contribution in [3.63, 3.8) is 0 Å². The molecule has 8 heteroatoms. The van der Waals surface area contributed by atoms with Crippen LogP contribution < -0.4 is 15.0 Å². The topological polar surface area (TPSA) is 82.2 Å². The fourth-order valence-corrected chi connectivity index (χ4v) is 4.11. The van der Waals surface area contributed by atoms with Crippen molar-refractivity contribution in [2.24, 2.45) is 0 Å². The summed E-state index contributed by atoms with van der Waals surface area (Å²) in [7, 11) is 0. The third-order valence-corrected chi connectivity index (χ3v) is 5.92. The van der Waals surface area contributed by atoms with E-state index in [1.54, 1.807) is 23.1 Å². The van der Waals surface area contributed by atoms with Gasteiger partial charge in [0.1, 0.15) is 12.3 Å². The molecule has 3 amide bonds. The number of nitrogens with zero attached hydrogens (tertiary/aromatic N) is 3. The summed E-state index contributed by atoms with van der Waals surface area (Å²) in [6.07, 6.45) is 4.71. The molecule has 0 atom stereocenters. The van der Waals surface area contributed by atoms with E-state index in [2.05, 4.69) is 10.2 Å². The zero-order chi connectivity index (χ0) is 22.2. The molecular weight excluding hydrogens is 396 g/mol. The summed E-state index contributed by atoms with van der Waals surface area (Å²) in [4.78, 5) is 43.3. The lowest BCUT2D eigenvalue weighted by Crippen LogP contribution is -2.45. The number of benzene rings is 1. The summed E-state index contributed by atoms with van der Waals surface area (Å²) in [5, 5.41) is 2.92. The second-order valence-corrected chi connectivity index (χ2v) is 8.03. The van der Waals surface area contributed by atoms with Crippen LogP contribution in [-0.2, 0) is 9.59 Å². The van der Waals surface area contributed by atoms with Crippen LogP contribution in [0.1, 0.15) is 49.9 Å². The lowest BCUT2D eigenvalue weighted by atomic mass is 10.1. The molecule has 31 heavy (non-hydrogen) atoms. The van der Waals surface area contributed by atoms with Gasteiger partial charge in [-0.15, -0.1) is 0 Å². The Kier molecular flexibility index (Phi) is 8.28. The first kappa shape index (κ1) is 23.1. The number of ether oxygens (including phenoxy) is 1. The molecule has 8 nitrogen and oxygen atoms in total. The van der Waals surface area contributed by atoms with Gasteiger partial charge in [0.2, 0.25) is 5.91 Å². The minimum atomic E-state index is -0.289. The van der Waals surface area contributed by atoms with Gasteiger partial charge >= 0.3 is 0 Å². The third-order valence-electron chi connectivity index (χ3n) is 5.92. The fraction of sp³-hybridized carbons (Fsp3) is 0.609. The summed E-state index contributed by atoms with van der Waals surface area (Å²) < 4.78 is 5.51. The molecule has 0 aliphatic carbocycles. The summed E-state index contributed by atoms with van der Waals surface area (Å²) in [5.74, 6) is -0.0924.